The van der Waals surface area contributed by atoms with Crippen molar-refractivity contribution in [3.05, 3.63) is 0 Å². The van der Waals surface area contributed by atoms with Gasteiger partial charge in [0.15, 0.2) is 0 Å². The van der Waals surface area contributed by atoms with E-state index in [9.17, 15) is 19.2 Å². The second kappa shape index (κ2) is 23.4. The van der Waals surface area contributed by atoms with Crippen LogP contribution in [0.2, 0.25) is 0 Å². The van der Waals surface area contributed by atoms with Gasteiger partial charge in [-0.2, -0.15) is 0 Å². The molecule has 0 aromatic rings. The summed E-state index contributed by atoms with van der Waals surface area (Å²) in [6, 6.07) is 0.683. The number of ether oxygens (including phenoxy) is 4. The number of nitrogens with one attached hydrogen (secondary N) is 2. The van der Waals surface area contributed by atoms with Gasteiger partial charge < -0.3 is 29.6 Å². The predicted molar refractivity (Wildman–Crippen MR) is 304 cm³/mol. The van der Waals surface area contributed by atoms with Gasteiger partial charge in [-0.15, -0.1) is 0 Å². The van der Waals surface area contributed by atoms with Gasteiger partial charge in [-0.1, -0.05) is 13.3 Å². The molecule has 2 atom stereocenters. The molecule has 2 unspecified atom stereocenters. The maximum absolute atomic E-state index is 14.8. The van der Waals surface area contributed by atoms with E-state index in [1.165, 1.54) is 32.2 Å². The number of hydrogen-bond acceptors (Lipinski definition) is 14. The Balaban J connectivity index is 0.000000694. The lowest BCUT2D eigenvalue weighted by molar-refractivity contribution is -0.182. The summed E-state index contributed by atoms with van der Waals surface area (Å²) in [7, 11) is 8.34. The molecule has 0 spiro atoms. The van der Waals surface area contributed by atoms with Crippen molar-refractivity contribution in [2.45, 2.75) is 321 Å². The molecule has 2 N–H and O–H groups in total. The highest BCUT2D eigenvalue weighted by atomic mass is 16.6. The van der Waals surface area contributed by atoms with Crippen LogP contribution in [0.1, 0.15) is 235 Å². The van der Waals surface area contributed by atoms with Gasteiger partial charge in [-0.25, -0.2) is 0 Å². The standard InChI is InChI=1S/C48H86N4O8.C13H28N2/c1-41(2)23-31(24-42(3,4)49(41)17)57-37(53)21-35(39(55)59-33-27-45(9,10)51(19)46(11,12)28-33)36(40(56)60-34-29-47(13,14)52(20)48(15,16)30-34)22-38(54)58-32-25-43(5,6)50(18)44(7,8)26-32;1-6-7-8-14-11-9-12(2,3)15-13(4,5)10-11/h31-36H,21-30H2,1-20H3;11,14-15H,6-10H2,1-5H3. The van der Waals surface area contributed by atoms with Crippen molar-refractivity contribution in [2.75, 3.05) is 34.7 Å². The first kappa shape index (κ1) is 65.2. The summed E-state index contributed by atoms with van der Waals surface area (Å²) in [5.41, 5.74) is -1.62. The number of likely N-dealkylation sites (tertiary alicyclic amines) is 4. The molecule has 0 aromatic carbocycles. The Bertz CT molecular complexity index is 1770. The molecule has 0 amide bonds. The lowest BCUT2D eigenvalue weighted by Crippen LogP contribution is -2.61. The van der Waals surface area contributed by atoms with E-state index in [4.69, 9.17) is 18.9 Å². The molecule has 5 fully saturated rings. The Morgan fingerprint density at radius 2 is 0.667 bits per heavy atom. The zero-order valence-electron chi connectivity index (χ0n) is 52.7. The van der Waals surface area contributed by atoms with Crippen LogP contribution >= 0.6 is 0 Å². The first-order chi connectivity index (χ1) is 33.8. The fourth-order valence-corrected chi connectivity index (χ4v) is 14.5. The van der Waals surface area contributed by atoms with Gasteiger partial charge in [-0.05, 0) is 192 Å². The molecule has 5 aliphatic heterocycles. The van der Waals surface area contributed by atoms with E-state index in [2.05, 4.69) is 204 Å². The molecule has 0 bridgehead atoms. The summed E-state index contributed by atoms with van der Waals surface area (Å²) in [5.74, 6) is -5.28. The van der Waals surface area contributed by atoms with Crippen molar-refractivity contribution in [2.24, 2.45) is 11.8 Å². The zero-order valence-corrected chi connectivity index (χ0v) is 52.7. The van der Waals surface area contributed by atoms with Gasteiger partial charge in [0.2, 0.25) is 0 Å². The quantitative estimate of drug-likeness (QED) is 0.0913. The van der Waals surface area contributed by atoms with E-state index >= 15 is 0 Å². The van der Waals surface area contributed by atoms with E-state index < -0.39 is 73.0 Å². The molecule has 0 aromatic heterocycles. The topological polar surface area (TPSA) is 142 Å². The van der Waals surface area contributed by atoms with Crippen LogP contribution in [0.5, 0.6) is 0 Å². The lowest BCUT2D eigenvalue weighted by atomic mass is 9.78. The van der Waals surface area contributed by atoms with E-state index in [0.717, 1.165) is 0 Å². The molecule has 0 aliphatic carbocycles. The molecule has 14 heteroatoms. The molecule has 0 saturated carbocycles. The van der Waals surface area contributed by atoms with Crippen molar-refractivity contribution >= 4 is 23.9 Å². The largest absolute Gasteiger partial charge is 0.462 e. The number of nitrogens with zero attached hydrogens (tertiary/aromatic N) is 4. The van der Waals surface area contributed by atoms with Gasteiger partial charge >= 0.3 is 23.9 Å². The van der Waals surface area contributed by atoms with Crippen molar-refractivity contribution in [3.8, 4) is 0 Å². The van der Waals surface area contributed by atoms with E-state index in [1.54, 1.807) is 0 Å². The molecule has 0 radical (unpaired) electrons. The molecule has 14 nitrogen and oxygen atoms in total. The van der Waals surface area contributed by atoms with Crippen LogP contribution in [0.3, 0.4) is 0 Å². The molecule has 436 valence electrons. The Kier molecular flexibility index (Phi) is 20.3. The highest BCUT2D eigenvalue weighted by Gasteiger charge is 2.51. The highest BCUT2D eigenvalue weighted by molar-refractivity contribution is 5.89. The number of esters is 4. The second-order valence-corrected chi connectivity index (χ2v) is 30.6. The number of carbonyl (C=O) groups is 4. The number of piperidine rings is 5. The van der Waals surface area contributed by atoms with Crippen molar-refractivity contribution in [3.63, 3.8) is 0 Å². The summed E-state index contributed by atoms with van der Waals surface area (Å²) >= 11 is 0. The summed E-state index contributed by atoms with van der Waals surface area (Å²) in [5, 5.41) is 7.41. The average molecular weight is 1060 g/mol. The minimum absolute atomic E-state index is 0.248. The van der Waals surface area contributed by atoms with E-state index in [0.29, 0.717) is 57.4 Å². The minimum Gasteiger partial charge on any atom is -0.462 e. The molecule has 5 saturated heterocycles. The third-order valence-corrected chi connectivity index (χ3v) is 19.3. The van der Waals surface area contributed by atoms with Crippen LogP contribution in [0, 0.1) is 11.8 Å². The second-order valence-electron chi connectivity index (χ2n) is 30.6. The highest BCUT2D eigenvalue weighted by Crippen LogP contribution is 2.43. The molecular weight excluding hydrogens is 945 g/mol. The summed E-state index contributed by atoms with van der Waals surface area (Å²) in [4.78, 5) is 67.4. The summed E-state index contributed by atoms with van der Waals surface area (Å²) in [6.07, 6.45) is 7.11. The Labute approximate surface area is 458 Å². The first-order valence-electron chi connectivity index (χ1n) is 29.1. The molecule has 5 rings (SSSR count). The van der Waals surface area contributed by atoms with Gasteiger partial charge in [0.1, 0.15) is 24.4 Å². The van der Waals surface area contributed by atoms with Crippen molar-refractivity contribution in [1.82, 2.24) is 30.2 Å². The predicted octanol–water partition coefficient (Wildman–Crippen LogP) is 10.5. The van der Waals surface area contributed by atoms with Crippen LogP contribution < -0.4 is 10.6 Å². The number of hydrogen-bond donors (Lipinski definition) is 2. The zero-order chi connectivity index (χ0) is 57.5. The Morgan fingerprint density at radius 1 is 0.427 bits per heavy atom. The number of unbranched alkanes of at least 4 members (excludes halogenated alkanes) is 1. The third kappa shape index (κ3) is 17.1. The number of carbonyl (C=O) groups excluding carboxylic acids is 4. The Hall–Kier alpha value is -2.36. The fraction of sp³-hybridized carbons (Fsp3) is 0.934. The van der Waals surface area contributed by atoms with E-state index in [-0.39, 0.29) is 55.4 Å². The fourth-order valence-electron chi connectivity index (χ4n) is 14.5. The van der Waals surface area contributed by atoms with Gasteiger partial charge in [0, 0.05) is 113 Å². The SMILES string of the molecule is CCCCNC1CC(C)(C)NC(C)(C)C1.CN1C(C)(C)CC(OC(=O)CC(C(=O)OC2CC(C)(C)N(C)C(C)(C)C2)C(CC(=O)OC2CC(C)(C)N(C)C(C)(C)C2)C(=O)OC2CC(C)(C)N(C)C(C)(C)C2)CC1(C)C. The van der Waals surface area contributed by atoms with Gasteiger partial charge in [-0.3, -0.25) is 38.8 Å². The third-order valence-electron chi connectivity index (χ3n) is 19.3. The normalized spacial score (nSPS) is 27.7. The molecule has 5 aliphatic rings. The summed E-state index contributed by atoms with van der Waals surface area (Å²) < 4.78 is 25.2. The maximum Gasteiger partial charge on any atom is 0.310 e. The average Bonchev–Trinajstić information content (AvgIpc) is 3.19. The van der Waals surface area contributed by atoms with Crippen molar-refractivity contribution < 1.29 is 38.1 Å². The van der Waals surface area contributed by atoms with E-state index in [1.807, 2.05) is 0 Å². The monoisotopic (exact) mass is 1060 g/mol. The molecule has 5 heterocycles. The van der Waals surface area contributed by atoms with Crippen LogP contribution in [0.4, 0.5) is 0 Å². The van der Waals surface area contributed by atoms with Gasteiger partial charge in [0.25, 0.3) is 0 Å². The summed E-state index contributed by atoms with van der Waals surface area (Å²) in [6.45, 7) is 46.7. The minimum atomic E-state index is -1.34. The molecule has 75 heavy (non-hydrogen) atoms. The van der Waals surface area contributed by atoms with Crippen LogP contribution in [0.25, 0.3) is 0 Å². The van der Waals surface area contributed by atoms with Gasteiger partial charge in [0.05, 0.1) is 24.7 Å². The number of rotatable bonds is 15. The van der Waals surface area contributed by atoms with Crippen molar-refractivity contribution in [1.29, 1.82) is 0 Å². The van der Waals surface area contributed by atoms with Crippen LogP contribution in [-0.4, -0.2) is 164 Å². The maximum atomic E-state index is 14.8. The first-order valence-corrected chi connectivity index (χ1v) is 29.1. The smallest absolute Gasteiger partial charge is 0.310 e. The Morgan fingerprint density at radius 3 is 0.907 bits per heavy atom. The lowest BCUT2D eigenvalue weighted by Gasteiger charge is -2.53. The molecular formula is C61H114N6O8. The van der Waals surface area contributed by atoms with Crippen LogP contribution in [-0.2, 0) is 38.1 Å². The van der Waals surface area contributed by atoms with Crippen LogP contribution in [0.15, 0.2) is 0 Å².